The second kappa shape index (κ2) is 10.5. The fourth-order valence-corrected chi connectivity index (χ4v) is 4.72. The quantitative estimate of drug-likeness (QED) is 0.215. The number of aliphatic hydroxyl groups is 1. The molecule has 0 radical (unpaired) electrons. The molecule has 1 fully saturated rings. The number of ketones is 1. The largest absolute Gasteiger partial charge is 0.507 e. The predicted molar refractivity (Wildman–Crippen MR) is 153 cm³/mol. The first-order valence-electron chi connectivity index (χ1n) is 13.1. The van der Waals surface area contributed by atoms with Crippen LogP contribution >= 0.6 is 0 Å². The first kappa shape index (κ1) is 27.2. The van der Waals surface area contributed by atoms with Crippen LogP contribution in [0.3, 0.4) is 0 Å². The molecule has 38 heavy (non-hydrogen) atoms. The molecule has 1 aliphatic heterocycles. The van der Waals surface area contributed by atoms with Crippen molar-refractivity contribution in [2.24, 2.45) is 5.92 Å². The first-order valence-corrected chi connectivity index (χ1v) is 13.1. The van der Waals surface area contributed by atoms with Crippen molar-refractivity contribution >= 4 is 23.1 Å². The first-order chi connectivity index (χ1) is 17.9. The number of amides is 1. The molecule has 0 aliphatic carbocycles. The minimum absolute atomic E-state index is 0.0756. The maximum atomic E-state index is 13.6. The molecule has 3 aromatic rings. The zero-order chi connectivity index (χ0) is 27.8. The van der Waals surface area contributed by atoms with Gasteiger partial charge >= 0.3 is 0 Å². The molecular formula is C33H37NO4. The van der Waals surface area contributed by atoms with Gasteiger partial charge in [-0.25, -0.2) is 0 Å². The summed E-state index contributed by atoms with van der Waals surface area (Å²) in [7, 11) is 0. The number of ether oxygens (including phenoxy) is 1. The van der Waals surface area contributed by atoms with Crippen LogP contribution < -0.4 is 9.64 Å². The van der Waals surface area contributed by atoms with E-state index in [1.165, 1.54) is 4.90 Å². The number of nitrogens with zero attached hydrogens (tertiary/aromatic N) is 1. The second-order valence-electron chi connectivity index (χ2n) is 11.6. The van der Waals surface area contributed by atoms with Crippen LogP contribution in [0.15, 0.2) is 72.3 Å². The summed E-state index contributed by atoms with van der Waals surface area (Å²) in [6.45, 7) is 14.8. The number of carbonyl (C=O) groups is 2. The number of rotatable bonds is 6. The van der Waals surface area contributed by atoms with Gasteiger partial charge in [0.15, 0.2) is 0 Å². The molecule has 0 bridgehead atoms. The minimum Gasteiger partial charge on any atom is -0.507 e. The molecule has 1 heterocycles. The highest BCUT2D eigenvalue weighted by Crippen LogP contribution is 2.43. The molecule has 1 saturated heterocycles. The van der Waals surface area contributed by atoms with E-state index in [2.05, 4.69) is 34.6 Å². The Labute approximate surface area is 225 Å². The number of hydrogen-bond acceptors (Lipinski definition) is 4. The van der Waals surface area contributed by atoms with Gasteiger partial charge in [-0.3, -0.25) is 14.5 Å². The lowest BCUT2D eigenvalue weighted by atomic mass is 9.84. The van der Waals surface area contributed by atoms with Crippen LogP contribution in [0.5, 0.6) is 5.75 Å². The fourth-order valence-electron chi connectivity index (χ4n) is 4.72. The average molecular weight is 512 g/mol. The fraction of sp³-hybridized carbons (Fsp3) is 0.333. The van der Waals surface area contributed by atoms with E-state index in [0.29, 0.717) is 35.1 Å². The lowest BCUT2D eigenvalue weighted by Gasteiger charge is -2.26. The predicted octanol–water partition coefficient (Wildman–Crippen LogP) is 7.26. The molecule has 0 spiro atoms. The zero-order valence-corrected chi connectivity index (χ0v) is 23.3. The Balaban J connectivity index is 1.95. The summed E-state index contributed by atoms with van der Waals surface area (Å²) in [6.07, 6.45) is 0. The van der Waals surface area contributed by atoms with E-state index in [-0.39, 0.29) is 16.7 Å². The van der Waals surface area contributed by atoms with Crippen LogP contribution in [0.1, 0.15) is 68.5 Å². The van der Waals surface area contributed by atoms with E-state index < -0.39 is 17.7 Å². The van der Waals surface area contributed by atoms with Crippen molar-refractivity contribution in [1.29, 1.82) is 0 Å². The molecule has 3 aromatic carbocycles. The molecule has 1 atom stereocenters. The van der Waals surface area contributed by atoms with Gasteiger partial charge in [-0.05, 0) is 77.8 Å². The molecule has 0 saturated carbocycles. The third-order valence-electron chi connectivity index (χ3n) is 6.84. The molecule has 4 rings (SSSR count). The van der Waals surface area contributed by atoms with E-state index in [1.807, 2.05) is 80.6 Å². The summed E-state index contributed by atoms with van der Waals surface area (Å²) >= 11 is 0. The summed E-state index contributed by atoms with van der Waals surface area (Å²) in [6, 6.07) is 20.0. The Morgan fingerprint density at radius 2 is 1.68 bits per heavy atom. The maximum absolute atomic E-state index is 13.6. The summed E-state index contributed by atoms with van der Waals surface area (Å²) in [5.74, 6) is -0.546. The second-order valence-corrected chi connectivity index (χ2v) is 11.6. The van der Waals surface area contributed by atoms with Crippen LogP contribution in [0.25, 0.3) is 5.76 Å². The van der Waals surface area contributed by atoms with Crippen LogP contribution in [-0.4, -0.2) is 23.4 Å². The van der Waals surface area contributed by atoms with Gasteiger partial charge in [0.1, 0.15) is 11.5 Å². The average Bonchev–Trinajstić information content (AvgIpc) is 3.12. The Morgan fingerprint density at radius 3 is 2.34 bits per heavy atom. The van der Waals surface area contributed by atoms with E-state index in [4.69, 9.17) is 4.74 Å². The van der Waals surface area contributed by atoms with Gasteiger partial charge in [0.05, 0.1) is 18.2 Å². The minimum atomic E-state index is -0.808. The number of carbonyl (C=O) groups excluding carboxylic acids is 2. The highest BCUT2D eigenvalue weighted by Gasteiger charge is 2.47. The number of aryl methyl sites for hydroxylation is 2. The molecule has 0 aromatic heterocycles. The van der Waals surface area contributed by atoms with Crippen molar-refractivity contribution in [2.75, 3.05) is 11.5 Å². The third kappa shape index (κ3) is 5.38. The Hall–Kier alpha value is -3.86. The highest BCUT2D eigenvalue weighted by molar-refractivity contribution is 6.51. The summed E-state index contributed by atoms with van der Waals surface area (Å²) in [5.41, 5.74) is 4.58. The third-order valence-corrected chi connectivity index (χ3v) is 6.84. The molecule has 198 valence electrons. The van der Waals surface area contributed by atoms with E-state index in [1.54, 1.807) is 0 Å². The van der Waals surface area contributed by atoms with E-state index in [9.17, 15) is 14.7 Å². The smallest absolute Gasteiger partial charge is 0.300 e. The van der Waals surface area contributed by atoms with Gasteiger partial charge in [-0.1, -0.05) is 71.0 Å². The molecular weight excluding hydrogens is 474 g/mol. The van der Waals surface area contributed by atoms with Crippen LogP contribution in [0, 0.1) is 19.8 Å². The van der Waals surface area contributed by atoms with Crippen LogP contribution in [-0.2, 0) is 15.0 Å². The van der Waals surface area contributed by atoms with Crippen molar-refractivity contribution in [2.45, 2.75) is 59.9 Å². The monoisotopic (exact) mass is 511 g/mol. The SMILES string of the molecule is Cc1cccc(N2C(=O)C(=O)/C(=C(/O)c3cc(C(C)(C)C)ccc3C)C2c2cccc(OCC(C)C)c2)c1. The van der Waals surface area contributed by atoms with Gasteiger partial charge in [0.25, 0.3) is 11.7 Å². The van der Waals surface area contributed by atoms with Gasteiger partial charge in [-0.2, -0.15) is 0 Å². The molecule has 1 amide bonds. The Morgan fingerprint density at radius 1 is 0.974 bits per heavy atom. The molecule has 1 unspecified atom stereocenters. The summed E-state index contributed by atoms with van der Waals surface area (Å²) < 4.78 is 5.97. The lowest BCUT2D eigenvalue weighted by molar-refractivity contribution is -0.132. The zero-order valence-electron chi connectivity index (χ0n) is 23.3. The van der Waals surface area contributed by atoms with Crippen molar-refractivity contribution in [3.8, 4) is 5.75 Å². The topological polar surface area (TPSA) is 66.8 Å². The van der Waals surface area contributed by atoms with Crippen LogP contribution in [0.2, 0.25) is 0 Å². The Bertz CT molecular complexity index is 1410. The number of Topliss-reactive ketones (excluding diaryl/α,β-unsaturated/α-hetero) is 1. The molecule has 1 aliphatic rings. The van der Waals surface area contributed by atoms with E-state index in [0.717, 1.165) is 16.7 Å². The van der Waals surface area contributed by atoms with E-state index >= 15 is 0 Å². The molecule has 5 heteroatoms. The highest BCUT2D eigenvalue weighted by atomic mass is 16.5. The number of aliphatic hydroxyl groups excluding tert-OH is 1. The van der Waals surface area contributed by atoms with Gasteiger partial charge in [0.2, 0.25) is 0 Å². The Kier molecular flexibility index (Phi) is 7.50. The molecule has 1 N–H and O–H groups in total. The number of anilines is 1. The normalized spacial score (nSPS) is 17.4. The van der Waals surface area contributed by atoms with Gasteiger partial charge in [-0.15, -0.1) is 0 Å². The van der Waals surface area contributed by atoms with Crippen molar-refractivity contribution in [3.05, 3.63) is 100 Å². The lowest BCUT2D eigenvalue weighted by Crippen LogP contribution is -2.29. The van der Waals surface area contributed by atoms with Crippen molar-refractivity contribution < 1.29 is 19.4 Å². The summed E-state index contributed by atoms with van der Waals surface area (Å²) in [4.78, 5) is 28.7. The summed E-state index contributed by atoms with van der Waals surface area (Å²) in [5, 5.41) is 11.7. The van der Waals surface area contributed by atoms with Gasteiger partial charge < -0.3 is 9.84 Å². The van der Waals surface area contributed by atoms with Crippen LogP contribution in [0.4, 0.5) is 5.69 Å². The number of hydrogen-bond donors (Lipinski definition) is 1. The van der Waals surface area contributed by atoms with Gasteiger partial charge in [0, 0.05) is 11.3 Å². The standard InChI is InChI=1S/C33H37NO4/c1-20(2)19-38-26-13-9-11-23(17-26)29-28(30(35)27-18-24(33(5,6)7)15-14-22(27)4)31(36)32(37)34(29)25-12-8-10-21(3)16-25/h8-18,20,29,35H,19H2,1-7H3/b30-28+. The van der Waals surface area contributed by atoms with Crippen molar-refractivity contribution in [1.82, 2.24) is 0 Å². The van der Waals surface area contributed by atoms with Crippen molar-refractivity contribution in [3.63, 3.8) is 0 Å². The maximum Gasteiger partial charge on any atom is 0.300 e. The molecule has 5 nitrogen and oxygen atoms in total. The number of benzene rings is 3.